The van der Waals surface area contributed by atoms with Gasteiger partial charge >= 0.3 is 0 Å². The fourth-order valence-electron chi connectivity index (χ4n) is 2.08. The number of methoxy groups -OCH3 is 1. The Labute approximate surface area is 129 Å². The maximum absolute atomic E-state index is 12.5. The number of aliphatic hydroxyl groups excluding tert-OH is 1. The monoisotopic (exact) mass is 307 g/mol. The molecule has 1 fully saturated rings. The average Bonchev–Trinajstić information content (AvgIpc) is 3.31. The molecule has 1 aliphatic rings. The van der Waals surface area contributed by atoms with Gasteiger partial charge in [0.1, 0.15) is 6.61 Å². The summed E-state index contributed by atoms with van der Waals surface area (Å²) < 4.78 is 5.06. The van der Waals surface area contributed by atoms with Gasteiger partial charge in [-0.1, -0.05) is 23.4 Å². The molecule has 21 heavy (non-hydrogen) atoms. The van der Waals surface area contributed by atoms with Gasteiger partial charge in [0.15, 0.2) is 0 Å². The Morgan fingerprint density at radius 3 is 2.86 bits per heavy atom. The quantitative estimate of drug-likeness (QED) is 0.846. The van der Waals surface area contributed by atoms with E-state index in [0.717, 1.165) is 12.8 Å². The van der Waals surface area contributed by atoms with Crippen LogP contribution in [-0.4, -0.2) is 48.8 Å². The zero-order valence-corrected chi connectivity index (χ0v) is 12.7. The highest BCUT2D eigenvalue weighted by Crippen LogP contribution is 2.28. The summed E-state index contributed by atoms with van der Waals surface area (Å²) in [6.07, 6.45) is 2.09. The van der Waals surface area contributed by atoms with Gasteiger partial charge < -0.3 is 14.7 Å². The zero-order valence-electron chi connectivity index (χ0n) is 11.9. The van der Waals surface area contributed by atoms with Crippen LogP contribution in [0.3, 0.4) is 0 Å². The number of ether oxygens (including phenoxy) is 1. The fraction of sp³-hybridized carbons (Fsp3) is 0.438. The Bertz CT molecular complexity index is 573. The third-order valence-electron chi connectivity index (χ3n) is 3.30. The van der Waals surface area contributed by atoms with Crippen LogP contribution in [0.4, 0.5) is 0 Å². The van der Waals surface area contributed by atoms with Crippen molar-refractivity contribution in [1.82, 2.24) is 4.90 Å². The Morgan fingerprint density at radius 2 is 2.29 bits per heavy atom. The van der Waals surface area contributed by atoms with Gasteiger partial charge in [-0.3, -0.25) is 4.79 Å². The molecule has 1 aromatic carbocycles. The molecule has 1 aliphatic carbocycles. The molecule has 0 bridgehead atoms. The molecule has 2 rings (SSSR count). The Morgan fingerprint density at radius 1 is 1.52 bits per heavy atom. The van der Waals surface area contributed by atoms with Crippen LogP contribution in [0.2, 0.25) is 5.02 Å². The van der Waals surface area contributed by atoms with Crippen LogP contribution in [0.15, 0.2) is 18.2 Å². The third kappa shape index (κ3) is 4.21. The molecule has 5 heteroatoms. The predicted molar refractivity (Wildman–Crippen MR) is 81.4 cm³/mol. The summed E-state index contributed by atoms with van der Waals surface area (Å²) in [6.45, 7) is 0.892. The van der Waals surface area contributed by atoms with Crippen molar-refractivity contribution in [1.29, 1.82) is 0 Å². The topological polar surface area (TPSA) is 49.8 Å². The third-order valence-corrected chi connectivity index (χ3v) is 3.62. The van der Waals surface area contributed by atoms with E-state index >= 15 is 0 Å². The van der Waals surface area contributed by atoms with Gasteiger partial charge in [0.25, 0.3) is 5.91 Å². The van der Waals surface area contributed by atoms with E-state index in [0.29, 0.717) is 35.3 Å². The Hall–Kier alpha value is -1.54. The average molecular weight is 308 g/mol. The number of aliphatic hydroxyl groups is 1. The first-order valence-corrected chi connectivity index (χ1v) is 7.24. The number of carbonyl (C=O) groups excluding carboxylic acids is 1. The molecule has 0 atom stereocenters. The molecule has 4 nitrogen and oxygen atoms in total. The fourth-order valence-corrected chi connectivity index (χ4v) is 2.30. The summed E-state index contributed by atoms with van der Waals surface area (Å²) in [5, 5.41) is 9.12. The number of halogens is 1. The second-order valence-corrected chi connectivity index (χ2v) is 5.28. The Balaban J connectivity index is 2.16. The minimum Gasteiger partial charge on any atom is -0.384 e. The van der Waals surface area contributed by atoms with Crippen molar-refractivity contribution in [2.24, 2.45) is 0 Å². The van der Waals surface area contributed by atoms with Crippen molar-refractivity contribution in [3.8, 4) is 11.8 Å². The molecule has 0 unspecified atom stereocenters. The van der Waals surface area contributed by atoms with E-state index in [1.807, 2.05) is 4.90 Å². The lowest BCUT2D eigenvalue weighted by Crippen LogP contribution is -2.35. The smallest absolute Gasteiger partial charge is 0.254 e. The van der Waals surface area contributed by atoms with Crippen molar-refractivity contribution >= 4 is 17.5 Å². The van der Waals surface area contributed by atoms with Crippen LogP contribution in [0.1, 0.15) is 28.8 Å². The minimum atomic E-state index is -0.219. The number of nitrogens with zero attached hydrogens (tertiary/aromatic N) is 1. The zero-order chi connectivity index (χ0) is 15.2. The molecule has 0 saturated heterocycles. The first-order valence-electron chi connectivity index (χ1n) is 6.86. The predicted octanol–water partition coefficient (Wildman–Crippen LogP) is 1.93. The lowest BCUT2D eigenvalue weighted by molar-refractivity contribution is 0.0680. The lowest BCUT2D eigenvalue weighted by Gasteiger charge is -2.22. The van der Waals surface area contributed by atoms with Crippen molar-refractivity contribution < 1.29 is 14.6 Å². The maximum atomic E-state index is 12.5. The molecule has 0 spiro atoms. The molecule has 0 aromatic heterocycles. The number of hydrogen-bond donors (Lipinski definition) is 1. The standard InChI is InChI=1S/C16H18ClNO3/c1-21-10-8-18(14-6-7-14)16(20)13-5-4-12(3-2-9-19)15(17)11-13/h4-5,11,14,19H,6-10H2,1H3. The van der Waals surface area contributed by atoms with Gasteiger partial charge in [-0.15, -0.1) is 0 Å². The number of hydrogen-bond acceptors (Lipinski definition) is 3. The Kier molecular flexibility index (Phi) is 5.63. The number of amides is 1. The van der Waals surface area contributed by atoms with Crippen LogP contribution >= 0.6 is 11.6 Å². The van der Waals surface area contributed by atoms with Crippen LogP contribution < -0.4 is 0 Å². The van der Waals surface area contributed by atoms with E-state index in [2.05, 4.69) is 11.8 Å². The summed E-state index contributed by atoms with van der Waals surface area (Å²) in [5.41, 5.74) is 1.16. The highest BCUT2D eigenvalue weighted by Gasteiger charge is 2.32. The first kappa shape index (κ1) is 15.8. The lowest BCUT2D eigenvalue weighted by atomic mass is 10.1. The van der Waals surface area contributed by atoms with Crippen LogP contribution in [0.25, 0.3) is 0 Å². The van der Waals surface area contributed by atoms with E-state index in [1.54, 1.807) is 25.3 Å². The second-order valence-electron chi connectivity index (χ2n) is 4.88. The molecule has 1 amide bonds. The van der Waals surface area contributed by atoms with Gasteiger partial charge in [0.2, 0.25) is 0 Å². The van der Waals surface area contributed by atoms with Crippen LogP contribution in [-0.2, 0) is 4.74 Å². The molecule has 0 heterocycles. The van der Waals surface area contributed by atoms with Gasteiger partial charge in [-0.05, 0) is 31.0 Å². The second kappa shape index (κ2) is 7.46. The number of benzene rings is 1. The van der Waals surface area contributed by atoms with Gasteiger partial charge in [0.05, 0.1) is 11.6 Å². The molecular formula is C16H18ClNO3. The van der Waals surface area contributed by atoms with E-state index in [4.69, 9.17) is 21.4 Å². The molecule has 1 saturated carbocycles. The van der Waals surface area contributed by atoms with E-state index < -0.39 is 0 Å². The number of carbonyl (C=O) groups is 1. The van der Waals surface area contributed by atoms with E-state index in [-0.39, 0.29) is 12.5 Å². The van der Waals surface area contributed by atoms with E-state index in [1.165, 1.54) is 0 Å². The van der Waals surface area contributed by atoms with Gasteiger partial charge in [-0.25, -0.2) is 0 Å². The molecule has 1 N–H and O–H groups in total. The molecule has 112 valence electrons. The highest BCUT2D eigenvalue weighted by atomic mass is 35.5. The van der Waals surface area contributed by atoms with Crippen LogP contribution in [0.5, 0.6) is 0 Å². The summed E-state index contributed by atoms with van der Waals surface area (Å²) in [7, 11) is 1.63. The molecule has 0 radical (unpaired) electrons. The number of rotatable bonds is 5. The maximum Gasteiger partial charge on any atom is 0.254 e. The molecular weight excluding hydrogens is 290 g/mol. The largest absolute Gasteiger partial charge is 0.384 e. The highest BCUT2D eigenvalue weighted by molar-refractivity contribution is 6.32. The minimum absolute atomic E-state index is 0.0295. The summed E-state index contributed by atoms with van der Waals surface area (Å²) in [6, 6.07) is 5.38. The van der Waals surface area contributed by atoms with Crippen LogP contribution in [0, 0.1) is 11.8 Å². The molecule has 0 aliphatic heterocycles. The summed E-state index contributed by atoms with van der Waals surface area (Å²) in [5.74, 6) is 5.26. The van der Waals surface area contributed by atoms with E-state index in [9.17, 15) is 4.79 Å². The summed E-state index contributed by atoms with van der Waals surface area (Å²) >= 11 is 6.13. The SMILES string of the molecule is COCCN(C(=O)c1ccc(C#CCO)c(Cl)c1)C1CC1. The van der Waals surface area contributed by atoms with Crippen molar-refractivity contribution in [3.05, 3.63) is 34.3 Å². The summed E-state index contributed by atoms with van der Waals surface area (Å²) in [4.78, 5) is 14.4. The normalized spacial score (nSPS) is 13.5. The van der Waals surface area contributed by atoms with Gasteiger partial charge in [0, 0.05) is 30.8 Å². The first-order chi connectivity index (χ1) is 10.2. The van der Waals surface area contributed by atoms with Crippen molar-refractivity contribution in [2.45, 2.75) is 18.9 Å². The van der Waals surface area contributed by atoms with Gasteiger partial charge in [-0.2, -0.15) is 0 Å². The molecule has 1 aromatic rings. The van der Waals surface area contributed by atoms with Crippen molar-refractivity contribution in [3.63, 3.8) is 0 Å². The van der Waals surface area contributed by atoms with Crippen molar-refractivity contribution in [2.75, 3.05) is 26.9 Å².